The van der Waals surface area contributed by atoms with Gasteiger partial charge in [0, 0.05) is 30.0 Å². The average molecular weight is 439 g/mol. The molecule has 0 spiro atoms. The summed E-state index contributed by atoms with van der Waals surface area (Å²) in [6.45, 7) is 2.18. The molecule has 2 aromatic carbocycles. The van der Waals surface area contributed by atoms with E-state index in [9.17, 15) is 8.42 Å². The lowest BCUT2D eigenvalue weighted by Gasteiger charge is -2.18. The molecule has 6 nitrogen and oxygen atoms in total. The van der Waals surface area contributed by atoms with Crippen molar-refractivity contribution in [3.63, 3.8) is 0 Å². The van der Waals surface area contributed by atoms with Crippen LogP contribution in [0, 0.1) is 0 Å². The number of sulfonamides is 1. The van der Waals surface area contributed by atoms with Crippen LogP contribution < -0.4 is 10.0 Å². The highest BCUT2D eigenvalue weighted by Crippen LogP contribution is 2.32. The standard InChI is InChI=1S/C19H19ClN4O2S.ClH/c20-19-18(14-3-5-15(6-4-14)23-11-1-2-12-23)24(13-22-19)16-7-9-17(10-8-16)27(21,25)26;/h3-10,13H,1-2,11-12H2,(H2,21,25,26);1H. The Morgan fingerprint density at radius 2 is 1.50 bits per heavy atom. The van der Waals surface area contributed by atoms with Gasteiger partial charge in [-0.2, -0.15) is 0 Å². The number of anilines is 1. The second kappa shape index (κ2) is 8.13. The number of rotatable bonds is 4. The van der Waals surface area contributed by atoms with Crippen LogP contribution >= 0.6 is 24.0 Å². The molecule has 1 saturated heterocycles. The van der Waals surface area contributed by atoms with Crippen LogP contribution in [0.3, 0.4) is 0 Å². The summed E-state index contributed by atoms with van der Waals surface area (Å²) < 4.78 is 24.7. The van der Waals surface area contributed by atoms with Gasteiger partial charge in [-0.15, -0.1) is 12.4 Å². The molecule has 9 heteroatoms. The molecule has 0 atom stereocenters. The van der Waals surface area contributed by atoms with E-state index in [-0.39, 0.29) is 17.3 Å². The fourth-order valence-corrected chi connectivity index (χ4v) is 4.14. The van der Waals surface area contributed by atoms with Crippen LogP contribution in [0.4, 0.5) is 5.69 Å². The van der Waals surface area contributed by atoms with E-state index < -0.39 is 10.0 Å². The maximum Gasteiger partial charge on any atom is 0.238 e. The highest BCUT2D eigenvalue weighted by molar-refractivity contribution is 7.89. The molecule has 28 heavy (non-hydrogen) atoms. The van der Waals surface area contributed by atoms with Crippen molar-refractivity contribution in [2.75, 3.05) is 18.0 Å². The highest BCUT2D eigenvalue weighted by atomic mass is 35.5. The number of nitrogens with two attached hydrogens (primary N) is 1. The molecule has 1 aliphatic rings. The van der Waals surface area contributed by atoms with Gasteiger partial charge in [0.2, 0.25) is 10.0 Å². The molecule has 2 heterocycles. The third kappa shape index (κ3) is 4.03. The lowest BCUT2D eigenvalue weighted by molar-refractivity contribution is 0.598. The van der Waals surface area contributed by atoms with E-state index in [1.165, 1.54) is 30.7 Å². The number of primary sulfonamides is 1. The van der Waals surface area contributed by atoms with Gasteiger partial charge in [-0.3, -0.25) is 4.57 Å². The van der Waals surface area contributed by atoms with Gasteiger partial charge < -0.3 is 4.90 Å². The van der Waals surface area contributed by atoms with Crippen LogP contribution in [0.15, 0.2) is 59.8 Å². The topological polar surface area (TPSA) is 81.2 Å². The summed E-state index contributed by atoms with van der Waals surface area (Å²) in [6, 6.07) is 14.6. The Kier molecular flexibility index (Phi) is 6.00. The molecule has 0 aliphatic carbocycles. The van der Waals surface area contributed by atoms with E-state index in [1.807, 2.05) is 16.7 Å². The quantitative estimate of drug-likeness (QED) is 0.670. The second-order valence-electron chi connectivity index (χ2n) is 6.53. The Morgan fingerprint density at radius 3 is 2.07 bits per heavy atom. The molecule has 1 aromatic heterocycles. The van der Waals surface area contributed by atoms with Crippen molar-refractivity contribution in [2.24, 2.45) is 5.14 Å². The van der Waals surface area contributed by atoms with Gasteiger partial charge in [-0.1, -0.05) is 23.7 Å². The Bertz CT molecular complexity index is 1060. The van der Waals surface area contributed by atoms with Crippen LogP contribution in [0.1, 0.15) is 12.8 Å². The van der Waals surface area contributed by atoms with Crippen LogP contribution in [0.25, 0.3) is 16.9 Å². The minimum atomic E-state index is -3.73. The summed E-state index contributed by atoms with van der Waals surface area (Å²) in [7, 11) is -3.73. The molecule has 0 unspecified atom stereocenters. The molecule has 148 valence electrons. The molecule has 0 amide bonds. The van der Waals surface area contributed by atoms with Crippen molar-refractivity contribution in [2.45, 2.75) is 17.7 Å². The zero-order valence-electron chi connectivity index (χ0n) is 15.0. The number of hydrogen-bond acceptors (Lipinski definition) is 4. The fourth-order valence-electron chi connectivity index (χ4n) is 3.38. The maximum atomic E-state index is 11.4. The Labute approximate surface area is 175 Å². The smallest absolute Gasteiger partial charge is 0.238 e. The van der Waals surface area contributed by atoms with Gasteiger partial charge >= 0.3 is 0 Å². The molecule has 1 aliphatic heterocycles. The first-order valence-corrected chi connectivity index (χ1v) is 10.6. The molecule has 3 aromatic rings. The van der Waals surface area contributed by atoms with E-state index in [4.69, 9.17) is 16.7 Å². The number of hydrogen-bond donors (Lipinski definition) is 1. The molecule has 1 fully saturated rings. The van der Waals surface area contributed by atoms with Gasteiger partial charge in [-0.05, 0) is 49.2 Å². The summed E-state index contributed by atoms with van der Waals surface area (Å²) >= 11 is 6.34. The predicted molar refractivity (Wildman–Crippen MR) is 114 cm³/mol. The summed E-state index contributed by atoms with van der Waals surface area (Å²) in [5, 5.41) is 5.55. The largest absolute Gasteiger partial charge is 0.372 e. The van der Waals surface area contributed by atoms with E-state index in [2.05, 4.69) is 22.0 Å². The Hall–Kier alpha value is -2.06. The Morgan fingerprint density at radius 1 is 0.929 bits per heavy atom. The van der Waals surface area contributed by atoms with Crippen molar-refractivity contribution >= 4 is 39.7 Å². The van der Waals surface area contributed by atoms with Crippen molar-refractivity contribution in [3.05, 3.63) is 60.0 Å². The van der Waals surface area contributed by atoms with Crippen LogP contribution in [-0.2, 0) is 10.0 Å². The van der Waals surface area contributed by atoms with Crippen molar-refractivity contribution in [3.8, 4) is 16.9 Å². The van der Waals surface area contributed by atoms with Gasteiger partial charge in [0.25, 0.3) is 0 Å². The van der Waals surface area contributed by atoms with E-state index >= 15 is 0 Å². The predicted octanol–water partition coefficient (Wildman–Crippen LogP) is 3.86. The van der Waals surface area contributed by atoms with Gasteiger partial charge in [0.1, 0.15) is 6.33 Å². The van der Waals surface area contributed by atoms with Crippen LogP contribution in [-0.4, -0.2) is 31.1 Å². The van der Waals surface area contributed by atoms with E-state index in [0.717, 1.165) is 30.0 Å². The Balaban J connectivity index is 0.00000225. The number of halogens is 2. The third-order valence-electron chi connectivity index (χ3n) is 4.78. The molecule has 4 rings (SSSR count). The summed E-state index contributed by atoms with van der Waals surface area (Å²) in [5.41, 5.74) is 3.65. The minimum absolute atomic E-state index is 0. The summed E-state index contributed by atoms with van der Waals surface area (Å²) in [4.78, 5) is 6.65. The highest BCUT2D eigenvalue weighted by Gasteiger charge is 2.16. The second-order valence-corrected chi connectivity index (χ2v) is 8.45. The van der Waals surface area contributed by atoms with Crippen LogP contribution in [0.5, 0.6) is 0 Å². The fraction of sp³-hybridized carbons (Fsp3) is 0.211. The number of nitrogens with zero attached hydrogens (tertiary/aromatic N) is 3. The first kappa shape index (κ1) is 20.7. The first-order valence-electron chi connectivity index (χ1n) is 8.65. The minimum Gasteiger partial charge on any atom is -0.372 e. The number of benzene rings is 2. The number of imidazole rings is 1. The molecule has 0 saturated carbocycles. The van der Waals surface area contributed by atoms with Gasteiger partial charge in [-0.25, -0.2) is 18.5 Å². The lowest BCUT2D eigenvalue weighted by Crippen LogP contribution is -2.17. The van der Waals surface area contributed by atoms with Crippen molar-refractivity contribution < 1.29 is 8.42 Å². The monoisotopic (exact) mass is 438 g/mol. The van der Waals surface area contributed by atoms with E-state index in [1.54, 1.807) is 18.5 Å². The summed E-state index contributed by atoms with van der Waals surface area (Å²) in [5.74, 6) is 0. The van der Waals surface area contributed by atoms with E-state index in [0.29, 0.717) is 5.15 Å². The molecule has 0 bridgehead atoms. The van der Waals surface area contributed by atoms with Crippen molar-refractivity contribution in [1.82, 2.24) is 9.55 Å². The summed E-state index contributed by atoms with van der Waals surface area (Å²) in [6.07, 6.45) is 4.09. The SMILES string of the molecule is Cl.NS(=O)(=O)c1ccc(-n2cnc(Cl)c2-c2ccc(N3CCCC3)cc2)cc1. The zero-order valence-corrected chi connectivity index (χ0v) is 17.3. The third-order valence-corrected chi connectivity index (χ3v) is 5.98. The lowest BCUT2D eigenvalue weighted by atomic mass is 10.1. The van der Waals surface area contributed by atoms with Gasteiger partial charge in [0.05, 0.1) is 10.6 Å². The molecular weight excluding hydrogens is 419 g/mol. The van der Waals surface area contributed by atoms with Crippen molar-refractivity contribution in [1.29, 1.82) is 0 Å². The average Bonchev–Trinajstić information content (AvgIpc) is 3.31. The normalized spacial score (nSPS) is 14.1. The van der Waals surface area contributed by atoms with Gasteiger partial charge in [0.15, 0.2) is 5.15 Å². The first-order chi connectivity index (χ1) is 12.9. The maximum absolute atomic E-state index is 11.4. The molecule has 2 N–H and O–H groups in total. The molecular formula is C19H20Cl2N4O2S. The molecule has 0 radical (unpaired) electrons. The van der Waals surface area contributed by atoms with Crippen LogP contribution in [0.2, 0.25) is 5.15 Å². The zero-order chi connectivity index (χ0) is 19.0. The number of aromatic nitrogens is 2.